The first-order valence-electron chi connectivity index (χ1n) is 1.65. The van der Waals surface area contributed by atoms with Gasteiger partial charge in [0.15, 0.2) is 0 Å². The van der Waals surface area contributed by atoms with Crippen molar-refractivity contribution < 1.29 is 4.18 Å². The summed E-state index contributed by atoms with van der Waals surface area (Å²) in [6.07, 6.45) is 0. The van der Waals surface area contributed by atoms with E-state index in [9.17, 15) is 0 Å². The molecule has 6 heavy (non-hydrogen) atoms. The van der Waals surface area contributed by atoms with Gasteiger partial charge in [-0.05, 0) is 6.92 Å². The van der Waals surface area contributed by atoms with Crippen LogP contribution in [0.25, 0.3) is 0 Å². The smallest absolute Gasteiger partial charge is 0.0706 e. The maximum atomic E-state index is 4.64. The third kappa shape index (κ3) is 4.66. The van der Waals surface area contributed by atoms with Crippen molar-refractivity contribution >= 4 is 24.7 Å². The highest BCUT2D eigenvalue weighted by molar-refractivity contribution is 8.07. The zero-order chi connectivity index (χ0) is 4.99. The van der Waals surface area contributed by atoms with Gasteiger partial charge in [-0.25, -0.2) is 0 Å². The molecule has 0 radical (unpaired) electrons. The van der Waals surface area contributed by atoms with Crippen molar-refractivity contribution in [3.63, 3.8) is 0 Å². The number of hydrogen-bond donors (Lipinski definition) is 1. The van der Waals surface area contributed by atoms with E-state index >= 15 is 0 Å². The van der Waals surface area contributed by atoms with Gasteiger partial charge >= 0.3 is 0 Å². The maximum absolute atomic E-state index is 4.64. The highest BCUT2D eigenvalue weighted by atomic mass is 32.2. The first-order valence-corrected chi connectivity index (χ1v) is 2.97. The number of hydrogen-bond acceptors (Lipinski definition) is 3. The Balaban J connectivity index is 2.63. The molecule has 0 spiro atoms. The summed E-state index contributed by atoms with van der Waals surface area (Å²) in [5.41, 5.74) is 0. The first kappa shape index (κ1) is 6.66. The van der Waals surface area contributed by atoms with E-state index in [4.69, 9.17) is 0 Å². The molecule has 0 aliphatic carbocycles. The monoisotopic (exact) mass is 124 g/mol. The average molecular weight is 124 g/mol. The van der Waals surface area contributed by atoms with E-state index < -0.39 is 0 Å². The SMILES string of the molecule is COSC(C)S. The Morgan fingerprint density at radius 3 is 2.33 bits per heavy atom. The topological polar surface area (TPSA) is 9.23 Å². The van der Waals surface area contributed by atoms with Crippen LogP contribution in [-0.2, 0) is 4.18 Å². The van der Waals surface area contributed by atoms with Gasteiger partial charge in [-0.1, -0.05) is 0 Å². The zero-order valence-corrected chi connectivity index (χ0v) is 5.55. The fourth-order valence-corrected chi connectivity index (χ4v) is 0.676. The molecule has 0 saturated heterocycles. The summed E-state index contributed by atoms with van der Waals surface area (Å²) in [5, 5.41) is 0. The Kier molecular flexibility index (Phi) is 4.26. The molecule has 3 heteroatoms. The normalized spacial score (nSPS) is 14.5. The minimum atomic E-state index is 0.287. The quantitative estimate of drug-likeness (QED) is 0.340. The van der Waals surface area contributed by atoms with Crippen molar-refractivity contribution in [2.24, 2.45) is 0 Å². The second kappa shape index (κ2) is 3.84. The molecular weight excluding hydrogens is 116 g/mol. The minimum absolute atomic E-state index is 0.287. The van der Waals surface area contributed by atoms with Gasteiger partial charge in [-0.2, -0.15) is 12.6 Å². The van der Waals surface area contributed by atoms with Crippen molar-refractivity contribution in [1.29, 1.82) is 0 Å². The molecule has 0 fully saturated rings. The molecule has 0 aromatic rings. The van der Waals surface area contributed by atoms with Gasteiger partial charge in [-0.15, -0.1) is 0 Å². The largest absolute Gasteiger partial charge is 0.317 e. The van der Waals surface area contributed by atoms with Gasteiger partial charge in [0, 0.05) is 12.0 Å². The van der Waals surface area contributed by atoms with E-state index in [2.05, 4.69) is 16.8 Å². The molecule has 0 N–H and O–H groups in total. The summed E-state index contributed by atoms with van der Waals surface area (Å²) in [4.78, 5) is 0. The maximum Gasteiger partial charge on any atom is 0.0706 e. The van der Waals surface area contributed by atoms with Crippen molar-refractivity contribution in [1.82, 2.24) is 0 Å². The second-order valence-electron chi connectivity index (χ2n) is 0.862. The summed E-state index contributed by atoms with van der Waals surface area (Å²) in [6.45, 7) is 1.96. The van der Waals surface area contributed by atoms with Crippen LogP contribution in [0.15, 0.2) is 0 Å². The standard InChI is InChI=1S/C3H8OS2/c1-3(5)6-4-2/h3,5H,1-2H3. The lowest BCUT2D eigenvalue weighted by Crippen LogP contribution is -1.79. The fraction of sp³-hybridized carbons (Fsp3) is 1.00. The molecule has 0 aromatic carbocycles. The first-order chi connectivity index (χ1) is 2.77. The molecule has 1 atom stereocenters. The van der Waals surface area contributed by atoms with Gasteiger partial charge in [0.1, 0.15) is 0 Å². The van der Waals surface area contributed by atoms with Crippen LogP contribution in [0.2, 0.25) is 0 Å². The molecule has 0 bridgehead atoms. The van der Waals surface area contributed by atoms with Crippen LogP contribution in [0.4, 0.5) is 0 Å². The molecule has 0 amide bonds. The van der Waals surface area contributed by atoms with E-state index in [-0.39, 0.29) is 4.58 Å². The van der Waals surface area contributed by atoms with Gasteiger partial charge in [0.05, 0.1) is 11.7 Å². The Morgan fingerprint density at radius 1 is 1.83 bits per heavy atom. The average Bonchev–Trinajstić information content (AvgIpc) is 1.35. The van der Waals surface area contributed by atoms with E-state index in [1.54, 1.807) is 7.11 Å². The molecule has 0 aliphatic heterocycles. The predicted molar refractivity (Wildman–Crippen MR) is 33.0 cm³/mol. The Hall–Kier alpha value is 0.660. The third-order valence-electron chi connectivity index (χ3n) is 0.235. The molecule has 0 heterocycles. The molecule has 38 valence electrons. The predicted octanol–water partition coefficient (Wildman–Crippen LogP) is 1.56. The van der Waals surface area contributed by atoms with Crippen LogP contribution >= 0.6 is 24.7 Å². The fourth-order valence-electron chi connectivity index (χ4n) is 0.139. The minimum Gasteiger partial charge on any atom is -0.317 e. The van der Waals surface area contributed by atoms with E-state index in [0.717, 1.165) is 0 Å². The Bertz CT molecular complexity index is 30.0. The van der Waals surface area contributed by atoms with Crippen LogP contribution in [0.1, 0.15) is 6.92 Å². The van der Waals surface area contributed by atoms with E-state index in [1.807, 2.05) is 6.92 Å². The Labute approximate surface area is 48.1 Å². The molecule has 0 rings (SSSR count). The molecule has 0 saturated carbocycles. The second-order valence-corrected chi connectivity index (χ2v) is 3.22. The third-order valence-corrected chi connectivity index (χ3v) is 0.965. The van der Waals surface area contributed by atoms with Crippen LogP contribution < -0.4 is 0 Å². The van der Waals surface area contributed by atoms with Gasteiger partial charge in [0.2, 0.25) is 0 Å². The summed E-state index contributed by atoms with van der Waals surface area (Å²) in [6, 6.07) is 0. The summed E-state index contributed by atoms with van der Waals surface area (Å²) >= 11 is 5.37. The van der Waals surface area contributed by atoms with Gasteiger partial charge in [0.25, 0.3) is 0 Å². The number of thiol groups is 1. The van der Waals surface area contributed by atoms with Crippen LogP contribution in [0, 0.1) is 0 Å². The summed E-state index contributed by atoms with van der Waals surface area (Å²) < 4.78 is 4.93. The van der Waals surface area contributed by atoms with E-state index in [0.29, 0.717) is 0 Å². The summed E-state index contributed by atoms with van der Waals surface area (Å²) in [5.74, 6) is 0. The summed E-state index contributed by atoms with van der Waals surface area (Å²) in [7, 11) is 1.64. The Morgan fingerprint density at radius 2 is 2.33 bits per heavy atom. The van der Waals surface area contributed by atoms with Crippen molar-refractivity contribution in [2.75, 3.05) is 7.11 Å². The lowest BCUT2D eigenvalue weighted by molar-refractivity contribution is 0.489. The van der Waals surface area contributed by atoms with Crippen LogP contribution in [-0.4, -0.2) is 11.7 Å². The lowest BCUT2D eigenvalue weighted by atomic mass is 11.0. The highest BCUT2D eigenvalue weighted by Crippen LogP contribution is 2.11. The van der Waals surface area contributed by atoms with Crippen LogP contribution in [0.3, 0.4) is 0 Å². The van der Waals surface area contributed by atoms with Crippen molar-refractivity contribution in [3.8, 4) is 0 Å². The lowest BCUT2D eigenvalue weighted by Gasteiger charge is -1.95. The van der Waals surface area contributed by atoms with E-state index in [1.165, 1.54) is 12.0 Å². The van der Waals surface area contributed by atoms with Crippen LogP contribution in [0.5, 0.6) is 0 Å². The van der Waals surface area contributed by atoms with Crippen molar-refractivity contribution in [3.05, 3.63) is 0 Å². The zero-order valence-electron chi connectivity index (χ0n) is 3.84. The molecule has 0 aliphatic rings. The molecular formula is C3H8OS2. The molecule has 0 aromatic heterocycles. The number of rotatable bonds is 2. The van der Waals surface area contributed by atoms with Crippen molar-refractivity contribution in [2.45, 2.75) is 11.5 Å². The molecule has 1 nitrogen and oxygen atoms in total. The highest BCUT2D eigenvalue weighted by Gasteiger charge is 1.88. The molecule has 1 unspecified atom stereocenters. The van der Waals surface area contributed by atoms with Gasteiger partial charge in [-0.3, -0.25) is 0 Å². The van der Waals surface area contributed by atoms with Gasteiger partial charge < -0.3 is 4.18 Å².